The molecule has 1 aliphatic heterocycles. The number of benzene rings is 1. The number of nitrogens with zero attached hydrogens (tertiary/aromatic N) is 2. The van der Waals surface area contributed by atoms with Crippen molar-refractivity contribution in [2.45, 2.75) is 18.4 Å². The number of aliphatic imine (C=N–C) groups is 1. The minimum atomic E-state index is -0.450. The van der Waals surface area contributed by atoms with Crippen LogP contribution in [0.3, 0.4) is 0 Å². The molecule has 1 heterocycles. The Hall–Kier alpha value is -2.15. The Kier molecular flexibility index (Phi) is 2.24. The highest BCUT2D eigenvalue weighted by atomic mass is 16.6. The highest BCUT2D eigenvalue weighted by Crippen LogP contribution is 2.45. The Labute approximate surface area is 103 Å². The molecule has 1 aromatic carbocycles. The summed E-state index contributed by atoms with van der Waals surface area (Å²) in [5.74, 6) is 6.10. The zero-order valence-electron chi connectivity index (χ0n) is 9.55. The van der Waals surface area contributed by atoms with E-state index < -0.39 is 4.92 Å². The van der Waals surface area contributed by atoms with Crippen LogP contribution in [0.4, 0.5) is 5.69 Å². The van der Waals surface area contributed by atoms with E-state index in [9.17, 15) is 10.1 Å². The maximum absolute atomic E-state index is 11.0. The van der Waals surface area contributed by atoms with Crippen molar-refractivity contribution < 1.29 is 9.66 Å². The number of hydrogen-bond donors (Lipinski definition) is 2. The first-order valence-corrected chi connectivity index (χ1v) is 5.63. The van der Waals surface area contributed by atoms with Gasteiger partial charge in [0.2, 0.25) is 5.75 Å². The Balaban J connectivity index is 2.17. The van der Waals surface area contributed by atoms with Gasteiger partial charge in [-0.15, -0.1) is 0 Å². The largest absolute Gasteiger partial charge is 0.478 e. The molecule has 18 heavy (non-hydrogen) atoms. The van der Waals surface area contributed by atoms with Crippen molar-refractivity contribution in [1.29, 1.82) is 0 Å². The lowest BCUT2D eigenvalue weighted by atomic mass is 10.1. The average molecular weight is 248 g/mol. The third kappa shape index (κ3) is 1.60. The first kappa shape index (κ1) is 11.0. The monoisotopic (exact) mass is 248 g/mol. The van der Waals surface area contributed by atoms with Crippen molar-refractivity contribution in [3.8, 4) is 5.75 Å². The van der Waals surface area contributed by atoms with E-state index in [1.54, 1.807) is 12.1 Å². The van der Waals surface area contributed by atoms with Gasteiger partial charge in [-0.2, -0.15) is 0 Å². The standard InChI is InChI=1S/C11H12N4O3/c12-14-10-7-2-1-3-8(15(16)17)9(7)18-11(4-5-11)6-13-10/h1-3H,4-6,12H2,(H,13,14). The zero-order valence-corrected chi connectivity index (χ0v) is 9.55. The Morgan fingerprint density at radius 3 is 2.89 bits per heavy atom. The van der Waals surface area contributed by atoms with E-state index in [-0.39, 0.29) is 17.0 Å². The van der Waals surface area contributed by atoms with Crippen LogP contribution in [-0.4, -0.2) is 22.9 Å². The van der Waals surface area contributed by atoms with Gasteiger partial charge >= 0.3 is 5.69 Å². The molecule has 0 unspecified atom stereocenters. The highest BCUT2D eigenvalue weighted by molar-refractivity contribution is 6.02. The molecule has 1 spiro atoms. The summed E-state index contributed by atoms with van der Waals surface area (Å²) in [4.78, 5) is 14.9. The van der Waals surface area contributed by atoms with Crippen LogP contribution in [0.15, 0.2) is 23.2 Å². The van der Waals surface area contributed by atoms with Crippen molar-refractivity contribution in [2.24, 2.45) is 10.8 Å². The summed E-state index contributed by atoms with van der Waals surface area (Å²) in [5.41, 5.74) is 2.59. The molecule has 7 nitrogen and oxygen atoms in total. The molecule has 3 N–H and O–H groups in total. The number of nitro groups is 1. The van der Waals surface area contributed by atoms with E-state index in [1.165, 1.54) is 6.07 Å². The number of para-hydroxylation sites is 1. The molecule has 0 radical (unpaired) electrons. The van der Waals surface area contributed by atoms with Gasteiger partial charge in [-0.25, -0.2) is 5.84 Å². The van der Waals surface area contributed by atoms with Crippen molar-refractivity contribution in [3.63, 3.8) is 0 Å². The van der Waals surface area contributed by atoms with Crippen molar-refractivity contribution >= 4 is 11.5 Å². The zero-order chi connectivity index (χ0) is 12.8. The topological polar surface area (TPSA) is 103 Å². The van der Waals surface area contributed by atoms with Crippen LogP contribution in [0.2, 0.25) is 0 Å². The quantitative estimate of drug-likeness (QED) is 0.433. The third-order valence-electron chi connectivity index (χ3n) is 3.23. The van der Waals surface area contributed by atoms with Crippen LogP contribution in [0, 0.1) is 10.1 Å². The van der Waals surface area contributed by atoms with E-state index in [0.29, 0.717) is 17.9 Å². The Morgan fingerprint density at radius 2 is 2.28 bits per heavy atom. The predicted molar refractivity (Wildman–Crippen MR) is 64.4 cm³/mol. The second-order valence-corrected chi connectivity index (χ2v) is 4.51. The van der Waals surface area contributed by atoms with Gasteiger partial charge in [-0.1, -0.05) is 6.07 Å². The Morgan fingerprint density at radius 1 is 1.50 bits per heavy atom. The highest BCUT2D eigenvalue weighted by Gasteiger charge is 2.48. The second kappa shape index (κ2) is 3.67. The fourth-order valence-electron chi connectivity index (χ4n) is 2.04. The summed E-state index contributed by atoms with van der Waals surface area (Å²) in [6.45, 7) is 0.471. The fraction of sp³-hybridized carbons (Fsp3) is 0.364. The molecule has 0 bridgehead atoms. The van der Waals surface area contributed by atoms with Crippen molar-refractivity contribution in [1.82, 2.24) is 5.43 Å². The fourth-order valence-corrected chi connectivity index (χ4v) is 2.04. The number of amidine groups is 1. The van der Waals surface area contributed by atoms with Gasteiger partial charge in [0.05, 0.1) is 17.0 Å². The minimum absolute atomic E-state index is 0.0522. The number of hydrazine groups is 1. The number of fused-ring (bicyclic) bond motifs is 1. The van der Waals surface area contributed by atoms with Gasteiger partial charge in [0.15, 0.2) is 0 Å². The molecule has 94 valence electrons. The normalized spacial score (nSPS) is 19.3. The van der Waals surface area contributed by atoms with Crippen LogP contribution in [-0.2, 0) is 0 Å². The van der Waals surface area contributed by atoms with Crippen LogP contribution in [0.5, 0.6) is 5.75 Å². The number of hydrogen-bond acceptors (Lipinski definition) is 6. The first-order valence-electron chi connectivity index (χ1n) is 5.63. The molecule has 1 fully saturated rings. The maximum Gasteiger partial charge on any atom is 0.311 e. The number of nitrogens with two attached hydrogens (primary N) is 1. The molecule has 0 amide bonds. The van der Waals surface area contributed by atoms with Crippen LogP contribution in [0.1, 0.15) is 18.4 Å². The van der Waals surface area contributed by atoms with Crippen molar-refractivity contribution in [2.75, 3.05) is 6.54 Å². The number of nitro benzene ring substituents is 1. The average Bonchev–Trinajstić information content (AvgIpc) is 3.13. The number of nitrogens with one attached hydrogen (secondary N) is 1. The van der Waals surface area contributed by atoms with Crippen LogP contribution < -0.4 is 16.0 Å². The van der Waals surface area contributed by atoms with Gasteiger partial charge in [0, 0.05) is 6.07 Å². The van der Waals surface area contributed by atoms with Crippen molar-refractivity contribution in [3.05, 3.63) is 33.9 Å². The molecule has 1 saturated carbocycles. The van der Waals surface area contributed by atoms with Gasteiger partial charge in [0.25, 0.3) is 0 Å². The predicted octanol–water partition coefficient (Wildman–Crippen LogP) is 0.730. The maximum atomic E-state index is 11.0. The molecule has 2 aliphatic rings. The lowest BCUT2D eigenvalue weighted by molar-refractivity contribution is -0.386. The lowest BCUT2D eigenvalue weighted by Crippen LogP contribution is -2.31. The molecule has 1 aromatic rings. The summed E-state index contributed by atoms with van der Waals surface area (Å²) < 4.78 is 5.83. The first-order chi connectivity index (χ1) is 8.65. The van der Waals surface area contributed by atoms with E-state index in [0.717, 1.165) is 12.8 Å². The summed E-state index contributed by atoms with van der Waals surface area (Å²) in [6.07, 6.45) is 1.72. The van der Waals surface area contributed by atoms with E-state index in [2.05, 4.69) is 10.4 Å². The number of rotatable bonds is 1. The van der Waals surface area contributed by atoms with Gasteiger partial charge < -0.3 is 10.2 Å². The summed E-state index contributed by atoms with van der Waals surface area (Å²) in [6, 6.07) is 4.73. The molecule has 0 saturated heterocycles. The SMILES string of the molecule is NNC1=NCC2(CC2)Oc2c1cccc2[N+](=O)[O-]. The summed E-state index contributed by atoms with van der Waals surface area (Å²) in [7, 11) is 0. The summed E-state index contributed by atoms with van der Waals surface area (Å²) in [5, 5.41) is 11.0. The third-order valence-corrected chi connectivity index (χ3v) is 3.23. The van der Waals surface area contributed by atoms with E-state index in [4.69, 9.17) is 10.6 Å². The molecule has 3 rings (SSSR count). The molecule has 1 aliphatic carbocycles. The van der Waals surface area contributed by atoms with Gasteiger partial charge in [-0.3, -0.25) is 15.1 Å². The molecule has 7 heteroatoms. The van der Waals surface area contributed by atoms with E-state index >= 15 is 0 Å². The van der Waals surface area contributed by atoms with Crippen LogP contribution >= 0.6 is 0 Å². The molecular formula is C11H12N4O3. The van der Waals surface area contributed by atoms with Crippen LogP contribution in [0.25, 0.3) is 0 Å². The molecule has 0 aromatic heterocycles. The smallest absolute Gasteiger partial charge is 0.311 e. The van der Waals surface area contributed by atoms with E-state index in [1.807, 2.05) is 0 Å². The Bertz CT molecular complexity index is 551. The molecular weight excluding hydrogens is 236 g/mol. The van der Waals surface area contributed by atoms with Gasteiger partial charge in [-0.05, 0) is 18.9 Å². The minimum Gasteiger partial charge on any atom is -0.478 e. The van der Waals surface area contributed by atoms with Gasteiger partial charge in [0.1, 0.15) is 11.4 Å². The summed E-state index contributed by atoms with van der Waals surface area (Å²) >= 11 is 0. The molecule has 0 atom stereocenters. The lowest BCUT2D eigenvalue weighted by Gasteiger charge is -2.14. The second-order valence-electron chi connectivity index (χ2n) is 4.51. The number of ether oxygens (including phenoxy) is 1.